The standard InChI is InChI=1S/C24H33N5O7/c1-8-28(9-2)14-18-25-21-19(22(30)27(4)24(32)26(21)3)29(18)10-11-36-23(31)15-12-16(33-5)20(35-7)17(13-15)34-6/h12-13H,8-11,14H2,1-7H3. The first-order valence-corrected chi connectivity index (χ1v) is 11.6. The number of nitrogens with zero attached hydrogens (tertiary/aromatic N) is 5. The van der Waals surface area contributed by atoms with Crippen LogP contribution in [0.1, 0.15) is 30.0 Å². The maximum atomic E-state index is 13.0. The molecule has 0 aliphatic carbocycles. The van der Waals surface area contributed by atoms with Gasteiger partial charge in [-0.2, -0.15) is 0 Å². The molecule has 0 saturated carbocycles. The summed E-state index contributed by atoms with van der Waals surface area (Å²) in [6.45, 7) is 6.25. The minimum absolute atomic E-state index is 0.0296. The summed E-state index contributed by atoms with van der Waals surface area (Å²) in [5.74, 6) is 1.04. The molecule has 0 N–H and O–H groups in total. The number of hydrogen-bond acceptors (Lipinski definition) is 9. The molecule has 0 bridgehead atoms. The maximum Gasteiger partial charge on any atom is 0.338 e. The third-order valence-corrected chi connectivity index (χ3v) is 6.13. The van der Waals surface area contributed by atoms with Crippen LogP contribution in [-0.4, -0.2) is 70.6 Å². The maximum absolute atomic E-state index is 13.0. The lowest BCUT2D eigenvalue weighted by Crippen LogP contribution is -2.37. The number of esters is 1. The second kappa shape index (κ2) is 11.3. The summed E-state index contributed by atoms with van der Waals surface area (Å²) in [5, 5.41) is 0. The molecule has 3 aromatic rings. The summed E-state index contributed by atoms with van der Waals surface area (Å²) in [7, 11) is 7.40. The van der Waals surface area contributed by atoms with E-state index in [4.69, 9.17) is 18.9 Å². The summed E-state index contributed by atoms with van der Waals surface area (Å²) in [6.07, 6.45) is 0. The van der Waals surface area contributed by atoms with Crippen LogP contribution in [0.4, 0.5) is 0 Å². The van der Waals surface area contributed by atoms with Gasteiger partial charge in [-0.25, -0.2) is 14.6 Å². The zero-order valence-electron chi connectivity index (χ0n) is 21.8. The van der Waals surface area contributed by atoms with E-state index in [1.165, 1.54) is 45.1 Å². The van der Waals surface area contributed by atoms with Gasteiger partial charge < -0.3 is 23.5 Å². The Balaban J connectivity index is 1.94. The average molecular weight is 504 g/mol. The molecule has 0 aliphatic rings. The van der Waals surface area contributed by atoms with E-state index in [2.05, 4.69) is 9.88 Å². The Kier molecular flexibility index (Phi) is 8.41. The lowest BCUT2D eigenvalue weighted by Gasteiger charge is -2.18. The van der Waals surface area contributed by atoms with Crippen molar-refractivity contribution < 1.29 is 23.7 Å². The van der Waals surface area contributed by atoms with E-state index >= 15 is 0 Å². The van der Waals surface area contributed by atoms with Crippen molar-refractivity contribution in [3.63, 3.8) is 0 Å². The number of ether oxygens (including phenoxy) is 4. The topological polar surface area (TPSA) is 119 Å². The third-order valence-electron chi connectivity index (χ3n) is 6.13. The molecule has 2 heterocycles. The predicted molar refractivity (Wildman–Crippen MR) is 133 cm³/mol. The third kappa shape index (κ3) is 4.94. The highest BCUT2D eigenvalue weighted by molar-refractivity contribution is 5.91. The van der Waals surface area contributed by atoms with Crippen LogP contribution in [0.3, 0.4) is 0 Å². The fourth-order valence-electron chi connectivity index (χ4n) is 4.01. The summed E-state index contributed by atoms with van der Waals surface area (Å²) >= 11 is 0. The van der Waals surface area contributed by atoms with Crippen molar-refractivity contribution in [2.75, 3.05) is 41.0 Å². The second-order valence-corrected chi connectivity index (χ2v) is 8.07. The normalized spacial score (nSPS) is 11.2. The van der Waals surface area contributed by atoms with Crippen molar-refractivity contribution in [1.29, 1.82) is 0 Å². The molecule has 3 rings (SSSR count). The van der Waals surface area contributed by atoms with Gasteiger partial charge in [-0.3, -0.25) is 18.8 Å². The highest BCUT2D eigenvalue weighted by Crippen LogP contribution is 2.38. The number of imidazole rings is 1. The van der Waals surface area contributed by atoms with Crippen LogP contribution in [0.25, 0.3) is 11.2 Å². The molecular formula is C24H33N5O7. The van der Waals surface area contributed by atoms with Crippen molar-refractivity contribution in [2.24, 2.45) is 14.1 Å². The Hall–Kier alpha value is -3.80. The molecule has 0 fully saturated rings. The quantitative estimate of drug-likeness (QED) is 0.355. The highest BCUT2D eigenvalue weighted by atomic mass is 16.5. The number of aromatic nitrogens is 4. The van der Waals surface area contributed by atoms with Crippen molar-refractivity contribution in [3.05, 3.63) is 44.4 Å². The van der Waals surface area contributed by atoms with E-state index in [1.807, 2.05) is 13.8 Å². The molecule has 0 aliphatic heterocycles. The van der Waals surface area contributed by atoms with E-state index in [-0.39, 0.29) is 24.2 Å². The van der Waals surface area contributed by atoms with Gasteiger partial charge in [0.15, 0.2) is 22.7 Å². The van der Waals surface area contributed by atoms with Crippen LogP contribution in [0.2, 0.25) is 0 Å². The van der Waals surface area contributed by atoms with E-state index in [0.29, 0.717) is 35.3 Å². The molecule has 12 heteroatoms. The molecule has 0 spiro atoms. The molecular weight excluding hydrogens is 470 g/mol. The number of hydrogen-bond donors (Lipinski definition) is 0. The van der Waals surface area contributed by atoms with Crippen LogP contribution in [-0.2, 0) is 31.9 Å². The Morgan fingerprint density at radius 3 is 2.11 bits per heavy atom. The summed E-state index contributed by atoms with van der Waals surface area (Å²) in [4.78, 5) is 45.0. The van der Waals surface area contributed by atoms with Gasteiger partial charge in [0.2, 0.25) is 5.75 Å². The number of fused-ring (bicyclic) bond motifs is 1. The zero-order valence-corrected chi connectivity index (χ0v) is 21.8. The summed E-state index contributed by atoms with van der Waals surface area (Å²) in [5.41, 5.74) is -0.115. The largest absolute Gasteiger partial charge is 0.493 e. The number of methoxy groups -OCH3 is 3. The average Bonchev–Trinajstić information content (AvgIpc) is 3.26. The first-order chi connectivity index (χ1) is 17.2. The van der Waals surface area contributed by atoms with E-state index in [1.54, 1.807) is 11.6 Å². The lowest BCUT2D eigenvalue weighted by molar-refractivity contribution is 0.0490. The first kappa shape index (κ1) is 26.8. The molecule has 0 atom stereocenters. The van der Waals surface area contributed by atoms with Gasteiger partial charge in [-0.1, -0.05) is 13.8 Å². The molecule has 0 unspecified atom stereocenters. The molecule has 0 radical (unpaired) electrons. The van der Waals surface area contributed by atoms with Crippen LogP contribution in [0.5, 0.6) is 17.2 Å². The minimum Gasteiger partial charge on any atom is -0.493 e. The zero-order chi connectivity index (χ0) is 26.6. The summed E-state index contributed by atoms with van der Waals surface area (Å²) in [6, 6.07) is 3.02. The first-order valence-electron chi connectivity index (χ1n) is 11.6. The highest BCUT2D eigenvalue weighted by Gasteiger charge is 2.21. The minimum atomic E-state index is -0.593. The number of aryl methyl sites for hydroxylation is 1. The Labute approximate surface area is 208 Å². The van der Waals surface area contributed by atoms with Gasteiger partial charge in [0, 0.05) is 14.1 Å². The molecule has 0 saturated heterocycles. The number of rotatable bonds is 11. The van der Waals surface area contributed by atoms with Crippen molar-refractivity contribution in [1.82, 2.24) is 23.6 Å². The summed E-state index contributed by atoms with van der Waals surface area (Å²) < 4.78 is 25.5. The molecule has 12 nitrogen and oxygen atoms in total. The van der Waals surface area contributed by atoms with E-state index in [9.17, 15) is 14.4 Å². The number of carbonyl (C=O) groups is 1. The van der Waals surface area contributed by atoms with Gasteiger partial charge >= 0.3 is 11.7 Å². The lowest BCUT2D eigenvalue weighted by atomic mass is 10.2. The fourth-order valence-corrected chi connectivity index (χ4v) is 4.01. The molecule has 196 valence electrons. The Bertz CT molecular complexity index is 1340. The smallest absolute Gasteiger partial charge is 0.338 e. The predicted octanol–water partition coefficient (Wildman–Crippen LogP) is 1.16. The van der Waals surface area contributed by atoms with Gasteiger partial charge in [0.05, 0.1) is 40.0 Å². The van der Waals surface area contributed by atoms with Crippen LogP contribution in [0, 0.1) is 0 Å². The van der Waals surface area contributed by atoms with Crippen molar-refractivity contribution in [2.45, 2.75) is 26.9 Å². The van der Waals surface area contributed by atoms with Crippen LogP contribution < -0.4 is 25.5 Å². The Morgan fingerprint density at radius 2 is 1.58 bits per heavy atom. The van der Waals surface area contributed by atoms with Crippen molar-refractivity contribution >= 4 is 17.1 Å². The number of carbonyl (C=O) groups excluding carboxylic acids is 1. The van der Waals surface area contributed by atoms with Gasteiger partial charge in [0.1, 0.15) is 12.4 Å². The SMILES string of the molecule is CCN(CC)Cc1nc2c(c(=O)n(C)c(=O)n2C)n1CCOC(=O)c1cc(OC)c(OC)c(OC)c1. The van der Waals surface area contributed by atoms with E-state index in [0.717, 1.165) is 17.7 Å². The fraction of sp³-hybridized carbons (Fsp3) is 0.500. The van der Waals surface area contributed by atoms with Crippen LogP contribution in [0.15, 0.2) is 21.7 Å². The van der Waals surface area contributed by atoms with Crippen LogP contribution >= 0.6 is 0 Å². The Morgan fingerprint density at radius 1 is 0.972 bits per heavy atom. The monoisotopic (exact) mass is 503 g/mol. The van der Waals surface area contributed by atoms with Gasteiger partial charge in [-0.15, -0.1) is 0 Å². The van der Waals surface area contributed by atoms with Gasteiger partial charge in [0.25, 0.3) is 5.56 Å². The molecule has 2 aromatic heterocycles. The van der Waals surface area contributed by atoms with Crippen molar-refractivity contribution in [3.8, 4) is 17.2 Å². The second-order valence-electron chi connectivity index (χ2n) is 8.07. The van der Waals surface area contributed by atoms with E-state index < -0.39 is 17.2 Å². The van der Waals surface area contributed by atoms with Gasteiger partial charge in [-0.05, 0) is 25.2 Å². The molecule has 36 heavy (non-hydrogen) atoms. The number of benzene rings is 1. The molecule has 0 amide bonds. The molecule has 1 aromatic carbocycles.